The average molecular weight is 363 g/mol. The van der Waals surface area contributed by atoms with Crippen LogP contribution in [0.1, 0.15) is 89.2 Å². The highest BCUT2D eigenvalue weighted by atomic mass is 14.6. The first-order valence-corrected chi connectivity index (χ1v) is 11.8. The number of rotatable bonds is 1. The van der Waals surface area contributed by atoms with Gasteiger partial charge in [0.2, 0.25) is 0 Å². The number of hydrogen-bond acceptors (Lipinski definition) is 0. The first-order chi connectivity index (χ1) is 13.0. The van der Waals surface area contributed by atoms with E-state index in [1.54, 1.807) is 0 Å². The minimum atomic E-state index is 0.571. The molecule has 4 saturated carbocycles. The Hall–Kier alpha value is -1.04. The molecule has 0 heteroatoms. The third-order valence-electron chi connectivity index (χ3n) is 9.67. The van der Waals surface area contributed by atoms with Gasteiger partial charge in [0.25, 0.3) is 0 Å². The van der Waals surface area contributed by atoms with Gasteiger partial charge in [-0.05, 0) is 91.9 Å². The van der Waals surface area contributed by atoms with E-state index in [1.807, 2.05) is 5.57 Å². The maximum atomic E-state index is 2.70. The number of aryl methyl sites for hydroxylation is 1. The van der Waals surface area contributed by atoms with Crippen LogP contribution in [0.2, 0.25) is 0 Å². The van der Waals surface area contributed by atoms with Gasteiger partial charge >= 0.3 is 0 Å². The summed E-state index contributed by atoms with van der Waals surface area (Å²) in [6.07, 6.45) is 17.4. The predicted molar refractivity (Wildman–Crippen MR) is 116 cm³/mol. The summed E-state index contributed by atoms with van der Waals surface area (Å²) < 4.78 is 0. The van der Waals surface area contributed by atoms with Crippen LogP contribution in [0.15, 0.2) is 29.8 Å². The van der Waals surface area contributed by atoms with Crippen LogP contribution in [-0.2, 0) is 0 Å². The number of hydrogen-bond donors (Lipinski definition) is 0. The molecule has 0 saturated heterocycles. The topological polar surface area (TPSA) is 0 Å². The smallest absolute Gasteiger partial charge is 0.0143 e. The first-order valence-electron chi connectivity index (χ1n) is 11.8. The second kappa shape index (κ2) is 6.50. The van der Waals surface area contributed by atoms with E-state index in [9.17, 15) is 0 Å². The molecular formula is C27H38. The second-order valence-electron chi connectivity index (χ2n) is 11.1. The van der Waals surface area contributed by atoms with Crippen LogP contribution in [0, 0.1) is 41.4 Å². The van der Waals surface area contributed by atoms with Crippen molar-refractivity contribution in [3.8, 4) is 0 Å². The zero-order valence-corrected chi connectivity index (χ0v) is 17.8. The lowest BCUT2D eigenvalue weighted by Crippen LogP contribution is -2.52. The molecule has 4 aliphatic rings. The Morgan fingerprint density at radius 2 is 1.67 bits per heavy atom. The molecule has 6 atom stereocenters. The van der Waals surface area contributed by atoms with E-state index in [4.69, 9.17) is 0 Å². The Bertz CT molecular complexity index is 725. The van der Waals surface area contributed by atoms with E-state index in [1.165, 1.54) is 75.3 Å². The summed E-state index contributed by atoms with van der Waals surface area (Å²) in [5, 5.41) is 0. The van der Waals surface area contributed by atoms with E-state index in [2.05, 4.69) is 51.1 Å². The van der Waals surface area contributed by atoms with Crippen molar-refractivity contribution < 1.29 is 0 Å². The largest absolute Gasteiger partial charge is 0.0657 e. The number of benzene rings is 1. The molecule has 0 amide bonds. The van der Waals surface area contributed by atoms with Gasteiger partial charge in [0.05, 0.1) is 0 Å². The summed E-state index contributed by atoms with van der Waals surface area (Å²) in [7, 11) is 0. The quantitative estimate of drug-likeness (QED) is 0.478. The molecule has 0 heterocycles. The van der Waals surface area contributed by atoms with E-state index < -0.39 is 0 Å². The zero-order chi connectivity index (χ0) is 18.6. The predicted octanol–water partition coefficient (Wildman–Crippen LogP) is 7.81. The van der Waals surface area contributed by atoms with Crippen molar-refractivity contribution in [2.24, 2.45) is 34.5 Å². The molecule has 146 valence electrons. The number of fused-ring (bicyclic) bond motifs is 5. The molecule has 1 unspecified atom stereocenters. The normalized spacial score (nSPS) is 45.2. The third kappa shape index (κ3) is 2.85. The van der Waals surface area contributed by atoms with Crippen molar-refractivity contribution in [2.75, 3.05) is 0 Å². The molecule has 0 radical (unpaired) electrons. The summed E-state index contributed by atoms with van der Waals surface area (Å²) >= 11 is 0. The van der Waals surface area contributed by atoms with E-state index >= 15 is 0 Å². The molecule has 0 aromatic heterocycles. The van der Waals surface area contributed by atoms with Gasteiger partial charge in [-0.1, -0.05) is 74.6 Å². The van der Waals surface area contributed by atoms with Gasteiger partial charge in [0, 0.05) is 0 Å². The van der Waals surface area contributed by atoms with Crippen LogP contribution in [0.3, 0.4) is 0 Å². The molecule has 0 N–H and O–H groups in total. The standard InChI is InChI=1S/C27H38/c1-19-9-11-20(12-10-19)17-21-18-22-24-8-6-14-26(24,2)16-13-25(22)27(3)15-5-4-7-23(21)27/h9-12,17,22-25H,4-8,13-16,18H2,1-3H3/t22-,23?,24-,25+,26-,27-/m0/s1. The van der Waals surface area contributed by atoms with Crippen LogP contribution in [-0.4, -0.2) is 0 Å². The van der Waals surface area contributed by atoms with Crippen molar-refractivity contribution in [3.05, 3.63) is 41.0 Å². The molecular weight excluding hydrogens is 324 g/mol. The van der Waals surface area contributed by atoms with Crippen molar-refractivity contribution in [1.29, 1.82) is 0 Å². The van der Waals surface area contributed by atoms with Gasteiger partial charge in [-0.15, -0.1) is 0 Å². The number of allylic oxidation sites excluding steroid dienone is 1. The Morgan fingerprint density at radius 3 is 2.48 bits per heavy atom. The van der Waals surface area contributed by atoms with Crippen LogP contribution in [0.4, 0.5) is 0 Å². The summed E-state index contributed by atoms with van der Waals surface area (Å²) in [5.74, 6) is 3.80. The highest BCUT2D eigenvalue weighted by Crippen LogP contribution is 2.67. The minimum absolute atomic E-state index is 0.571. The molecule has 27 heavy (non-hydrogen) atoms. The monoisotopic (exact) mass is 362 g/mol. The molecule has 0 aliphatic heterocycles. The first kappa shape index (κ1) is 18.0. The molecule has 1 aromatic carbocycles. The lowest BCUT2D eigenvalue weighted by Gasteiger charge is -2.60. The Kier molecular flexibility index (Phi) is 4.34. The van der Waals surface area contributed by atoms with Gasteiger partial charge in [0.15, 0.2) is 0 Å². The van der Waals surface area contributed by atoms with Crippen molar-refractivity contribution >= 4 is 6.08 Å². The molecule has 4 aliphatic carbocycles. The summed E-state index contributed by atoms with van der Waals surface area (Å²) in [5.41, 5.74) is 5.86. The second-order valence-corrected chi connectivity index (χ2v) is 11.1. The van der Waals surface area contributed by atoms with Crippen LogP contribution < -0.4 is 0 Å². The van der Waals surface area contributed by atoms with Gasteiger partial charge in [-0.3, -0.25) is 0 Å². The van der Waals surface area contributed by atoms with Crippen LogP contribution >= 0.6 is 0 Å². The maximum absolute atomic E-state index is 2.70. The fourth-order valence-corrected chi connectivity index (χ4v) is 8.25. The minimum Gasteiger partial charge on any atom is -0.0657 e. The molecule has 0 bridgehead atoms. The summed E-state index contributed by atoms with van der Waals surface area (Å²) in [6, 6.07) is 9.25. The van der Waals surface area contributed by atoms with Crippen LogP contribution in [0.5, 0.6) is 0 Å². The highest BCUT2D eigenvalue weighted by molar-refractivity contribution is 5.55. The van der Waals surface area contributed by atoms with Crippen molar-refractivity contribution in [3.63, 3.8) is 0 Å². The molecule has 0 nitrogen and oxygen atoms in total. The Balaban J connectivity index is 1.54. The third-order valence-corrected chi connectivity index (χ3v) is 9.67. The summed E-state index contributed by atoms with van der Waals surface area (Å²) in [6.45, 7) is 7.54. The van der Waals surface area contributed by atoms with Gasteiger partial charge in [-0.25, -0.2) is 0 Å². The van der Waals surface area contributed by atoms with E-state index in [0.717, 1.165) is 23.7 Å². The molecule has 5 rings (SSSR count). The lowest BCUT2D eigenvalue weighted by atomic mass is 9.44. The van der Waals surface area contributed by atoms with Crippen molar-refractivity contribution in [1.82, 2.24) is 0 Å². The zero-order valence-electron chi connectivity index (χ0n) is 17.8. The lowest BCUT2D eigenvalue weighted by molar-refractivity contribution is -0.0794. The maximum Gasteiger partial charge on any atom is -0.0143 e. The molecule has 4 fully saturated rings. The fourth-order valence-electron chi connectivity index (χ4n) is 8.25. The van der Waals surface area contributed by atoms with Crippen molar-refractivity contribution in [2.45, 2.75) is 85.0 Å². The van der Waals surface area contributed by atoms with Gasteiger partial charge in [-0.2, -0.15) is 0 Å². The fraction of sp³-hybridized carbons (Fsp3) is 0.704. The highest BCUT2D eigenvalue weighted by Gasteiger charge is 2.58. The Labute approximate surface area is 166 Å². The molecule has 1 aromatic rings. The average Bonchev–Trinajstić information content (AvgIpc) is 3.05. The SMILES string of the molecule is Cc1ccc(C=C2C[C@@H]3[C@@H](CC[C@]4(C)CCC[C@@H]34)[C@@]3(C)CCCCC23)cc1. The molecule has 0 spiro atoms. The van der Waals surface area contributed by atoms with E-state index in [0.29, 0.717) is 10.8 Å². The van der Waals surface area contributed by atoms with E-state index in [-0.39, 0.29) is 0 Å². The Morgan fingerprint density at radius 1 is 0.852 bits per heavy atom. The van der Waals surface area contributed by atoms with Gasteiger partial charge in [0.1, 0.15) is 0 Å². The van der Waals surface area contributed by atoms with Crippen LogP contribution in [0.25, 0.3) is 6.08 Å². The summed E-state index contributed by atoms with van der Waals surface area (Å²) in [4.78, 5) is 0. The van der Waals surface area contributed by atoms with Gasteiger partial charge < -0.3 is 0 Å².